The second-order valence-corrected chi connectivity index (χ2v) is 8.58. The van der Waals surface area contributed by atoms with Crippen molar-refractivity contribution in [2.24, 2.45) is 5.41 Å². The minimum atomic E-state index is -1.10. The van der Waals surface area contributed by atoms with E-state index >= 15 is 0 Å². The highest BCUT2D eigenvalue weighted by Gasteiger charge is 2.73. The molecule has 0 aliphatic carbocycles. The highest BCUT2D eigenvalue weighted by Crippen LogP contribution is 2.63. The monoisotopic (exact) mass is 393 g/mol. The summed E-state index contributed by atoms with van der Waals surface area (Å²) in [5, 5.41) is 3.03. The van der Waals surface area contributed by atoms with Crippen molar-refractivity contribution in [3.8, 4) is 0 Å². The molecule has 2 fully saturated rings. The molecule has 0 saturated carbocycles. The average molecular weight is 393 g/mol. The van der Waals surface area contributed by atoms with Gasteiger partial charge in [0.05, 0.1) is 5.41 Å². The number of likely N-dealkylation sites (N-methyl/N-ethyl adjacent to an activating group) is 1. The normalized spacial score (nSPS) is 32.2. The van der Waals surface area contributed by atoms with E-state index < -0.39 is 11.0 Å². The first-order valence-corrected chi connectivity index (χ1v) is 10.0. The van der Waals surface area contributed by atoms with E-state index in [1.54, 1.807) is 6.07 Å². The lowest BCUT2D eigenvalue weighted by Gasteiger charge is -2.50. The Morgan fingerprint density at radius 3 is 2.69 bits per heavy atom. The lowest BCUT2D eigenvalue weighted by Crippen LogP contribution is -2.64. The first kappa shape index (κ1) is 18.5. The van der Waals surface area contributed by atoms with Crippen molar-refractivity contribution in [2.75, 3.05) is 39.0 Å². The molecule has 3 aliphatic heterocycles. The first-order valence-electron chi connectivity index (χ1n) is 10.0. The van der Waals surface area contributed by atoms with Crippen molar-refractivity contribution in [1.29, 1.82) is 0 Å². The maximum absolute atomic E-state index is 14.1. The molecule has 5 rings (SSSR count). The molecule has 2 spiro atoms. The Morgan fingerprint density at radius 2 is 1.90 bits per heavy atom. The van der Waals surface area contributed by atoms with Gasteiger partial charge in [-0.05, 0) is 37.9 Å². The smallest absolute Gasteiger partial charge is 0.250 e. The Labute approximate surface area is 169 Å². The zero-order valence-corrected chi connectivity index (χ0v) is 16.6. The number of fused-ring (bicyclic) bond motifs is 3. The lowest BCUT2D eigenvalue weighted by molar-refractivity contribution is -0.150. The number of nitrogens with one attached hydrogen (secondary N) is 1. The first-order chi connectivity index (χ1) is 13.9. The standard InChI is InChI=1S/C23H24FN3O2/c1-26-11-10-20(28)22(14-26)18(15-6-5-7-16(24)12-15)13-27(2)23(22)17-8-3-4-9-19(17)25-21(23)29/h3-9,12,18H,10-11,13-14H2,1-2H3,(H,25,29)/t18-,22+,23+/m1/s1. The van der Waals surface area contributed by atoms with Gasteiger partial charge >= 0.3 is 0 Å². The molecule has 1 amide bonds. The molecule has 1 N–H and O–H groups in total. The van der Waals surface area contributed by atoms with Crippen LogP contribution in [0.1, 0.15) is 23.5 Å². The number of halogens is 1. The van der Waals surface area contributed by atoms with Gasteiger partial charge < -0.3 is 10.2 Å². The summed E-state index contributed by atoms with van der Waals surface area (Å²) in [5.74, 6) is -0.686. The van der Waals surface area contributed by atoms with Crippen LogP contribution in [0.2, 0.25) is 0 Å². The maximum Gasteiger partial charge on any atom is 0.250 e. The van der Waals surface area contributed by atoms with Crippen molar-refractivity contribution in [1.82, 2.24) is 9.80 Å². The Bertz CT molecular complexity index is 1020. The maximum atomic E-state index is 14.1. The Kier molecular flexibility index (Phi) is 3.95. The summed E-state index contributed by atoms with van der Waals surface area (Å²) < 4.78 is 14.1. The topological polar surface area (TPSA) is 52.7 Å². The van der Waals surface area contributed by atoms with Crippen LogP contribution in [0, 0.1) is 11.2 Å². The Balaban J connectivity index is 1.81. The van der Waals surface area contributed by atoms with Gasteiger partial charge in [-0.2, -0.15) is 0 Å². The number of hydrogen-bond acceptors (Lipinski definition) is 4. The molecule has 0 aromatic heterocycles. The number of piperidine rings is 1. The zero-order chi connectivity index (χ0) is 20.4. The van der Waals surface area contributed by atoms with Crippen LogP contribution in [0.3, 0.4) is 0 Å². The molecule has 2 aromatic rings. The number of para-hydroxylation sites is 1. The molecule has 5 nitrogen and oxygen atoms in total. The quantitative estimate of drug-likeness (QED) is 0.809. The van der Waals surface area contributed by atoms with Gasteiger partial charge in [-0.1, -0.05) is 30.3 Å². The number of nitrogens with zero attached hydrogens (tertiary/aromatic N) is 2. The second kappa shape index (κ2) is 6.21. The number of carbonyl (C=O) groups is 2. The molecule has 2 saturated heterocycles. The van der Waals surface area contributed by atoms with Crippen LogP contribution in [0.15, 0.2) is 48.5 Å². The number of carbonyl (C=O) groups excluding carboxylic acids is 2. The fourth-order valence-electron chi connectivity index (χ4n) is 6.07. The average Bonchev–Trinajstić information content (AvgIpc) is 3.14. The molecule has 0 bridgehead atoms. The van der Waals surface area contributed by atoms with Crippen molar-refractivity contribution < 1.29 is 14.0 Å². The molecular formula is C23H24FN3O2. The molecule has 3 atom stereocenters. The van der Waals surface area contributed by atoms with Gasteiger partial charge in [-0.3, -0.25) is 14.5 Å². The molecule has 6 heteroatoms. The van der Waals surface area contributed by atoms with Crippen LogP contribution in [0.25, 0.3) is 0 Å². The van der Waals surface area contributed by atoms with E-state index in [2.05, 4.69) is 10.2 Å². The second-order valence-electron chi connectivity index (χ2n) is 8.58. The fraction of sp³-hybridized carbons (Fsp3) is 0.391. The van der Waals surface area contributed by atoms with E-state index in [0.717, 1.165) is 16.8 Å². The Hall–Kier alpha value is -2.57. The predicted molar refractivity (Wildman–Crippen MR) is 108 cm³/mol. The SMILES string of the molecule is CN1CCC(=O)[C@]2(C1)[C@@H](c1cccc(F)c1)CN(C)[C@@]21C(=O)Nc2ccccc21. The van der Waals surface area contributed by atoms with Gasteiger partial charge in [0.15, 0.2) is 0 Å². The summed E-state index contributed by atoms with van der Waals surface area (Å²) in [5.41, 5.74) is 0.278. The minimum absolute atomic E-state index is 0.0843. The van der Waals surface area contributed by atoms with Crippen LogP contribution in [-0.2, 0) is 15.1 Å². The summed E-state index contributed by atoms with van der Waals surface area (Å²) in [4.78, 5) is 31.5. The molecule has 2 aromatic carbocycles. The summed E-state index contributed by atoms with van der Waals surface area (Å²) in [6, 6.07) is 14.1. The Morgan fingerprint density at radius 1 is 1.10 bits per heavy atom. The van der Waals surface area contributed by atoms with Crippen molar-refractivity contribution in [3.63, 3.8) is 0 Å². The molecule has 0 unspecified atom stereocenters. The van der Waals surface area contributed by atoms with Gasteiger partial charge in [0.25, 0.3) is 5.91 Å². The molecule has 3 aliphatic rings. The molecule has 3 heterocycles. The molecule has 150 valence electrons. The van der Waals surface area contributed by atoms with Crippen LogP contribution in [0.5, 0.6) is 0 Å². The zero-order valence-electron chi connectivity index (χ0n) is 16.6. The lowest BCUT2D eigenvalue weighted by atomic mass is 9.57. The van der Waals surface area contributed by atoms with Gasteiger partial charge in [0, 0.05) is 43.2 Å². The van der Waals surface area contributed by atoms with Gasteiger partial charge in [0.2, 0.25) is 0 Å². The predicted octanol–water partition coefficient (Wildman–Crippen LogP) is 2.59. The number of rotatable bonds is 1. The highest BCUT2D eigenvalue weighted by atomic mass is 19.1. The number of hydrogen-bond donors (Lipinski definition) is 1. The number of anilines is 1. The third-order valence-corrected chi connectivity index (χ3v) is 7.15. The van der Waals surface area contributed by atoms with E-state index in [0.29, 0.717) is 26.1 Å². The largest absolute Gasteiger partial charge is 0.324 e. The number of ketones is 1. The number of Topliss-reactive ketones (excluding diaryl/α,β-unsaturated/α-hetero) is 1. The van der Waals surface area contributed by atoms with E-state index in [-0.39, 0.29) is 23.4 Å². The minimum Gasteiger partial charge on any atom is -0.324 e. The third kappa shape index (κ3) is 2.21. The summed E-state index contributed by atoms with van der Waals surface area (Å²) in [6.07, 6.45) is 0.382. The molecule has 29 heavy (non-hydrogen) atoms. The molecular weight excluding hydrogens is 369 g/mol. The van der Waals surface area contributed by atoms with Crippen LogP contribution < -0.4 is 5.32 Å². The number of amides is 1. The summed E-state index contributed by atoms with van der Waals surface area (Å²) >= 11 is 0. The van der Waals surface area contributed by atoms with E-state index in [9.17, 15) is 14.0 Å². The molecule has 0 radical (unpaired) electrons. The van der Waals surface area contributed by atoms with Crippen molar-refractivity contribution >= 4 is 17.4 Å². The van der Waals surface area contributed by atoms with Crippen molar-refractivity contribution in [2.45, 2.75) is 17.9 Å². The van der Waals surface area contributed by atoms with E-state index in [1.165, 1.54) is 12.1 Å². The van der Waals surface area contributed by atoms with Gasteiger partial charge in [-0.15, -0.1) is 0 Å². The van der Waals surface area contributed by atoms with Crippen LogP contribution >= 0.6 is 0 Å². The fourth-order valence-corrected chi connectivity index (χ4v) is 6.07. The van der Waals surface area contributed by atoms with Gasteiger partial charge in [0.1, 0.15) is 17.1 Å². The number of likely N-dealkylation sites (tertiary alicyclic amines) is 2. The summed E-state index contributed by atoms with van der Waals surface area (Å²) in [7, 11) is 3.90. The summed E-state index contributed by atoms with van der Waals surface area (Å²) in [6.45, 7) is 1.63. The highest BCUT2D eigenvalue weighted by molar-refractivity contribution is 6.11. The van der Waals surface area contributed by atoms with Crippen LogP contribution in [0.4, 0.5) is 10.1 Å². The van der Waals surface area contributed by atoms with E-state index in [1.807, 2.05) is 49.3 Å². The van der Waals surface area contributed by atoms with E-state index in [4.69, 9.17) is 0 Å². The van der Waals surface area contributed by atoms with Crippen LogP contribution in [-0.4, -0.2) is 55.2 Å². The third-order valence-electron chi connectivity index (χ3n) is 7.15. The number of benzene rings is 2. The van der Waals surface area contributed by atoms with Crippen molar-refractivity contribution in [3.05, 3.63) is 65.5 Å². The van der Waals surface area contributed by atoms with Gasteiger partial charge in [-0.25, -0.2) is 4.39 Å².